The molecule has 0 radical (unpaired) electrons. The van der Waals surface area contributed by atoms with Crippen molar-refractivity contribution in [3.63, 3.8) is 0 Å². The Morgan fingerprint density at radius 1 is 1.14 bits per heavy atom. The van der Waals surface area contributed by atoms with Crippen LogP contribution in [0, 0.1) is 0 Å². The average Bonchev–Trinajstić information content (AvgIpc) is 3.64. The van der Waals surface area contributed by atoms with Crippen molar-refractivity contribution in [2.45, 2.75) is 19.0 Å². The fraction of sp³-hybridized carbons (Fsp3) is 0.222. The maximum absolute atomic E-state index is 14.0. The third-order valence-corrected chi connectivity index (χ3v) is 7.80. The molecule has 6 rings (SSSR count). The minimum atomic E-state index is 0.0283. The summed E-state index contributed by atoms with van der Waals surface area (Å²) in [6, 6.07) is 19.8. The molecule has 0 saturated carbocycles. The van der Waals surface area contributed by atoms with Gasteiger partial charge in [-0.3, -0.25) is 9.78 Å². The number of thiophene rings is 1. The van der Waals surface area contributed by atoms with Crippen LogP contribution in [0.15, 0.2) is 77.6 Å². The second kappa shape index (κ2) is 9.89. The van der Waals surface area contributed by atoms with Gasteiger partial charge in [-0.1, -0.05) is 35.0 Å². The number of amides is 1. The number of hydrogen-bond donors (Lipinski definition) is 1. The van der Waals surface area contributed by atoms with Crippen LogP contribution in [0.4, 0.5) is 0 Å². The summed E-state index contributed by atoms with van der Waals surface area (Å²) in [5, 5.41) is 8.76. The Morgan fingerprint density at radius 2 is 2.00 bits per heavy atom. The van der Waals surface area contributed by atoms with Crippen molar-refractivity contribution < 1.29 is 9.32 Å². The lowest BCUT2D eigenvalue weighted by Crippen LogP contribution is -2.54. The zero-order valence-electron chi connectivity index (χ0n) is 19.4. The van der Waals surface area contributed by atoms with E-state index in [-0.39, 0.29) is 11.9 Å². The van der Waals surface area contributed by atoms with Crippen molar-refractivity contribution in [2.75, 3.05) is 19.6 Å². The van der Waals surface area contributed by atoms with E-state index in [2.05, 4.69) is 15.5 Å². The van der Waals surface area contributed by atoms with Crippen LogP contribution in [0.1, 0.15) is 21.7 Å². The second-order valence-electron chi connectivity index (χ2n) is 8.88. The Balaban J connectivity index is 1.33. The molecule has 1 amide bonds. The molecular weight excluding hydrogens is 494 g/mol. The van der Waals surface area contributed by atoms with Crippen LogP contribution in [0.25, 0.3) is 21.5 Å². The minimum Gasteiger partial charge on any atom is -0.355 e. The van der Waals surface area contributed by atoms with Gasteiger partial charge in [-0.2, -0.15) is 0 Å². The summed E-state index contributed by atoms with van der Waals surface area (Å²) in [4.78, 5) is 21.1. The van der Waals surface area contributed by atoms with Crippen molar-refractivity contribution in [1.29, 1.82) is 0 Å². The second-order valence-corrected chi connectivity index (χ2v) is 10.6. The maximum atomic E-state index is 14.0. The van der Waals surface area contributed by atoms with Crippen LogP contribution in [0.3, 0.4) is 0 Å². The van der Waals surface area contributed by atoms with Crippen LogP contribution in [-0.2, 0) is 13.0 Å². The monoisotopic (exact) mass is 517 g/mol. The largest absolute Gasteiger partial charge is 0.355 e. The number of pyridine rings is 1. The van der Waals surface area contributed by atoms with Gasteiger partial charge in [-0.25, -0.2) is 0 Å². The summed E-state index contributed by atoms with van der Waals surface area (Å²) in [5.74, 6) is 0.700. The van der Waals surface area contributed by atoms with Gasteiger partial charge in [0.2, 0.25) is 0 Å². The first-order valence-corrected chi connectivity index (χ1v) is 13.1. The van der Waals surface area contributed by atoms with E-state index in [9.17, 15) is 4.79 Å². The molecule has 4 aromatic heterocycles. The highest BCUT2D eigenvalue weighted by Gasteiger charge is 2.30. The predicted molar refractivity (Wildman–Crippen MR) is 142 cm³/mol. The zero-order valence-corrected chi connectivity index (χ0v) is 21.0. The van der Waals surface area contributed by atoms with Crippen molar-refractivity contribution in [3.8, 4) is 10.6 Å². The van der Waals surface area contributed by atoms with Gasteiger partial charge in [0.15, 0.2) is 5.76 Å². The molecule has 0 aliphatic carbocycles. The van der Waals surface area contributed by atoms with Gasteiger partial charge in [0, 0.05) is 55.0 Å². The standard InChI is InChI=1S/C27H24ClN5O2S/c28-26-6-5-25(36-26)24-15-20(31-35-24)17-33-22-4-2-1-3-19(22)14-23(33)27(34)32-12-11-30-16-21(32)13-18-7-9-29-10-8-18/h1-10,14-15,21,30H,11-13,16-17H2. The topological polar surface area (TPSA) is 76.2 Å². The quantitative estimate of drug-likeness (QED) is 0.338. The van der Waals surface area contributed by atoms with E-state index in [1.807, 2.05) is 70.1 Å². The number of carbonyl (C=O) groups is 1. The molecule has 9 heteroatoms. The number of para-hydroxylation sites is 1. The Labute approximate surface area is 217 Å². The predicted octanol–water partition coefficient (Wildman–Crippen LogP) is 5.11. The van der Waals surface area contributed by atoms with Crippen LogP contribution in [0.2, 0.25) is 4.34 Å². The third-order valence-electron chi connectivity index (χ3n) is 6.56. The number of carbonyl (C=O) groups excluding carboxylic acids is 1. The van der Waals surface area contributed by atoms with Crippen LogP contribution in [-0.4, -0.2) is 51.2 Å². The van der Waals surface area contributed by atoms with Gasteiger partial charge in [-0.05, 0) is 48.4 Å². The summed E-state index contributed by atoms with van der Waals surface area (Å²) in [6.45, 7) is 2.61. The van der Waals surface area contributed by atoms with E-state index in [1.54, 1.807) is 12.4 Å². The van der Waals surface area contributed by atoms with Gasteiger partial charge in [0.25, 0.3) is 5.91 Å². The minimum absolute atomic E-state index is 0.0283. The number of aromatic nitrogens is 3. The summed E-state index contributed by atoms with van der Waals surface area (Å²) in [7, 11) is 0. The number of hydrogen-bond acceptors (Lipinski definition) is 6. The number of nitrogens with one attached hydrogen (secondary N) is 1. The Bertz CT molecular complexity index is 1510. The molecule has 36 heavy (non-hydrogen) atoms. The highest BCUT2D eigenvalue weighted by molar-refractivity contribution is 7.19. The van der Waals surface area contributed by atoms with E-state index in [4.69, 9.17) is 16.1 Å². The number of piperazine rings is 1. The van der Waals surface area contributed by atoms with Crippen molar-refractivity contribution in [2.24, 2.45) is 0 Å². The lowest BCUT2D eigenvalue weighted by molar-refractivity contribution is 0.0626. The summed E-state index contributed by atoms with van der Waals surface area (Å²) < 4.78 is 8.35. The van der Waals surface area contributed by atoms with Crippen molar-refractivity contribution in [3.05, 3.63) is 94.3 Å². The fourth-order valence-electron chi connectivity index (χ4n) is 4.82. The first-order valence-electron chi connectivity index (χ1n) is 11.9. The molecule has 0 spiro atoms. The molecule has 5 heterocycles. The molecule has 1 fully saturated rings. The van der Waals surface area contributed by atoms with Gasteiger partial charge in [-0.15, -0.1) is 11.3 Å². The normalized spacial score (nSPS) is 16.0. The number of rotatable bonds is 6. The highest BCUT2D eigenvalue weighted by Crippen LogP contribution is 2.32. The molecule has 5 aromatic rings. The maximum Gasteiger partial charge on any atom is 0.270 e. The highest BCUT2D eigenvalue weighted by atomic mass is 35.5. The molecule has 1 atom stereocenters. The van der Waals surface area contributed by atoms with Crippen molar-refractivity contribution in [1.82, 2.24) is 24.9 Å². The number of nitrogens with zero attached hydrogens (tertiary/aromatic N) is 4. The zero-order chi connectivity index (χ0) is 24.5. The van der Waals surface area contributed by atoms with Gasteiger partial charge in [0.1, 0.15) is 11.4 Å². The third kappa shape index (κ3) is 4.55. The number of benzene rings is 1. The Morgan fingerprint density at radius 3 is 2.83 bits per heavy atom. The molecule has 1 N–H and O–H groups in total. The smallest absolute Gasteiger partial charge is 0.270 e. The molecule has 1 saturated heterocycles. The van der Waals surface area contributed by atoms with Gasteiger partial charge >= 0.3 is 0 Å². The fourth-order valence-corrected chi connectivity index (χ4v) is 5.81. The summed E-state index contributed by atoms with van der Waals surface area (Å²) in [5.41, 5.74) is 3.56. The number of halogens is 1. The molecule has 182 valence electrons. The van der Waals surface area contributed by atoms with E-state index in [1.165, 1.54) is 16.9 Å². The first-order chi connectivity index (χ1) is 17.7. The van der Waals surface area contributed by atoms with E-state index >= 15 is 0 Å². The lowest BCUT2D eigenvalue weighted by Gasteiger charge is -2.36. The molecular formula is C27H24ClN5O2S. The Kier molecular flexibility index (Phi) is 6.31. The van der Waals surface area contributed by atoms with E-state index < -0.39 is 0 Å². The van der Waals surface area contributed by atoms with E-state index in [0.717, 1.165) is 41.0 Å². The van der Waals surface area contributed by atoms with Crippen molar-refractivity contribution >= 4 is 39.7 Å². The van der Waals surface area contributed by atoms with Crippen LogP contribution >= 0.6 is 22.9 Å². The average molecular weight is 518 g/mol. The Hall–Kier alpha value is -3.46. The number of fused-ring (bicyclic) bond motifs is 1. The summed E-state index contributed by atoms with van der Waals surface area (Å²) >= 11 is 7.54. The SMILES string of the molecule is O=C(c1cc2ccccc2n1Cc1cc(-c2ccc(Cl)s2)on1)N1CCNCC1Cc1ccncc1. The first kappa shape index (κ1) is 23.0. The summed E-state index contributed by atoms with van der Waals surface area (Å²) in [6.07, 6.45) is 4.37. The molecule has 1 aliphatic heterocycles. The van der Waals surface area contributed by atoms with E-state index in [0.29, 0.717) is 28.9 Å². The lowest BCUT2D eigenvalue weighted by atomic mass is 10.0. The molecule has 1 unspecified atom stereocenters. The van der Waals surface area contributed by atoms with Crippen LogP contribution < -0.4 is 5.32 Å². The van der Waals surface area contributed by atoms with Gasteiger partial charge in [0.05, 0.1) is 15.8 Å². The van der Waals surface area contributed by atoms with Crippen LogP contribution in [0.5, 0.6) is 0 Å². The molecule has 1 aliphatic rings. The molecule has 7 nitrogen and oxygen atoms in total. The van der Waals surface area contributed by atoms with Gasteiger partial charge < -0.3 is 19.3 Å². The molecule has 1 aromatic carbocycles. The molecule has 0 bridgehead atoms.